The molecular weight excluding hydrogens is 236 g/mol. The van der Waals surface area contributed by atoms with Gasteiger partial charge in [0, 0.05) is 24.6 Å². The van der Waals surface area contributed by atoms with Crippen molar-refractivity contribution in [2.24, 2.45) is 7.05 Å². The normalized spacial score (nSPS) is 10.8. The van der Waals surface area contributed by atoms with Crippen molar-refractivity contribution in [3.63, 3.8) is 0 Å². The molecule has 0 fully saturated rings. The van der Waals surface area contributed by atoms with Crippen LogP contribution in [0.5, 0.6) is 0 Å². The summed E-state index contributed by atoms with van der Waals surface area (Å²) in [4.78, 5) is 18.3. The molecule has 0 saturated carbocycles. The third kappa shape index (κ3) is 2.76. The second kappa shape index (κ2) is 4.75. The van der Waals surface area contributed by atoms with E-state index in [1.807, 2.05) is 31.8 Å². The van der Waals surface area contributed by atoms with Crippen LogP contribution in [-0.4, -0.2) is 19.7 Å². The van der Waals surface area contributed by atoms with Gasteiger partial charge in [-0.2, -0.15) is 5.10 Å². The SMILES string of the molecule is Cc1cc(=O)[nH]c(SCc2c(C)cnn2C)n1. The highest BCUT2D eigenvalue weighted by Gasteiger charge is 2.06. The van der Waals surface area contributed by atoms with Crippen LogP contribution in [-0.2, 0) is 12.8 Å². The van der Waals surface area contributed by atoms with Gasteiger partial charge in [-0.3, -0.25) is 9.48 Å². The Morgan fingerprint density at radius 2 is 2.24 bits per heavy atom. The van der Waals surface area contributed by atoms with Gasteiger partial charge in [0.05, 0.1) is 11.9 Å². The Bertz CT molecular complexity index is 568. The van der Waals surface area contributed by atoms with Crippen molar-refractivity contribution in [2.45, 2.75) is 24.8 Å². The van der Waals surface area contributed by atoms with E-state index in [0.29, 0.717) is 5.16 Å². The average Bonchev–Trinajstić information content (AvgIpc) is 2.55. The van der Waals surface area contributed by atoms with Gasteiger partial charge in [0.25, 0.3) is 5.56 Å². The lowest BCUT2D eigenvalue weighted by Gasteiger charge is -2.03. The summed E-state index contributed by atoms with van der Waals surface area (Å²) < 4.78 is 1.84. The van der Waals surface area contributed by atoms with Crippen LogP contribution in [0.15, 0.2) is 22.2 Å². The topological polar surface area (TPSA) is 63.6 Å². The molecule has 0 atom stereocenters. The highest BCUT2D eigenvalue weighted by atomic mass is 32.2. The van der Waals surface area contributed by atoms with Crippen molar-refractivity contribution in [3.05, 3.63) is 39.6 Å². The summed E-state index contributed by atoms with van der Waals surface area (Å²) in [6.45, 7) is 3.84. The number of thioether (sulfide) groups is 1. The van der Waals surface area contributed by atoms with Gasteiger partial charge in [-0.25, -0.2) is 4.98 Å². The fraction of sp³-hybridized carbons (Fsp3) is 0.364. The zero-order valence-corrected chi connectivity index (χ0v) is 10.8. The standard InChI is InChI=1S/C11H14N4OS/c1-7-5-12-15(3)9(7)6-17-11-13-8(2)4-10(16)14-11/h4-5H,6H2,1-3H3,(H,13,14,16). The van der Waals surface area contributed by atoms with E-state index in [-0.39, 0.29) is 5.56 Å². The fourth-order valence-corrected chi connectivity index (χ4v) is 2.61. The maximum atomic E-state index is 11.3. The lowest BCUT2D eigenvalue weighted by molar-refractivity contribution is 0.734. The van der Waals surface area contributed by atoms with E-state index in [1.54, 1.807) is 0 Å². The molecule has 2 aromatic heterocycles. The minimum absolute atomic E-state index is 0.110. The molecule has 0 amide bonds. The molecule has 0 bridgehead atoms. The van der Waals surface area contributed by atoms with Gasteiger partial charge in [0.15, 0.2) is 5.16 Å². The summed E-state index contributed by atoms with van der Waals surface area (Å²) in [6, 6.07) is 1.49. The fourth-order valence-electron chi connectivity index (χ4n) is 1.54. The molecule has 0 unspecified atom stereocenters. The van der Waals surface area contributed by atoms with Gasteiger partial charge < -0.3 is 4.98 Å². The van der Waals surface area contributed by atoms with Crippen LogP contribution in [0.1, 0.15) is 17.0 Å². The van der Waals surface area contributed by atoms with Crippen molar-refractivity contribution in [3.8, 4) is 0 Å². The van der Waals surface area contributed by atoms with Gasteiger partial charge in [0.2, 0.25) is 0 Å². The molecule has 2 heterocycles. The lowest BCUT2D eigenvalue weighted by Crippen LogP contribution is -2.08. The van der Waals surface area contributed by atoms with Crippen molar-refractivity contribution in [2.75, 3.05) is 0 Å². The molecule has 0 radical (unpaired) electrons. The number of aryl methyl sites for hydroxylation is 3. The maximum absolute atomic E-state index is 11.3. The van der Waals surface area contributed by atoms with E-state index >= 15 is 0 Å². The molecule has 0 aliphatic carbocycles. The van der Waals surface area contributed by atoms with Crippen LogP contribution < -0.4 is 5.56 Å². The molecule has 0 spiro atoms. The van der Waals surface area contributed by atoms with E-state index in [1.165, 1.54) is 17.8 Å². The molecule has 5 nitrogen and oxygen atoms in total. The van der Waals surface area contributed by atoms with Gasteiger partial charge in [0.1, 0.15) is 0 Å². The van der Waals surface area contributed by atoms with Crippen LogP contribution in [0.3, 0.4) is 0 Å². The summed E-state index contributed by atoms with van der Waals surface area (Å²) in [5.41, 5.74) is 2.91. The van der Waals surface area contributed by atoms with Crippen LogP contribution in [0.25, 0.3) is 0 Å². The van der Waals surface area contributed by atoms with Gasteiger partial charge in [-0.05, 0) is 19.4 Å². The first-order valence-electron chi connectivity index (χ1n) is 5.24. The quantitative estimate of drug-likeness (QED) is 0.661. The first kappa shape index (κ1) is 11.9. The third-order valence-electron chi connectivity index (χ3n) is 2.46. The third-order valence-corrected chi connectivity index (χ3v) is 3.35. The number of nitrogens with zero attached hydrogens (tertiary/aromatic N) is 3. The Morgan fingerprint density at radius 3 is 2.82 bits per heavy atom. The molecule has 1 N–H and O–H groups in total. The second-order valence-electron chi connectivity index (χ2n) is 3.88. The highest BCUT2D eigenvalue weighted by Crippen LogP contribution is 2.19. The zero-order chi connectivity index (χ0) is 12.4. The van der Waals surface area contributed by atoms with Crippen molar-refractivity contribution >= 4 is 11.8 Å². The Labute approximate surface area is 103 Å². The highest BCUT2D eigenvalue weighted by molar-refractivity contribution is 7.98. The molecule has 90 valence electrons. The monoisotopic (exact) mass is 250 g/mol. The number of H-pyrrole nitrogens is 1. The average molecular weight is 250 g/mol. The predicted molar refractivity (Wildman–Crippen MR) is 67.1 cm³/mol. The molecule has 17 heavy (non-hydrogen) atoms. The molecule has 0 aliphatic rings. The van der Waals surface area contributed by atoms with Gasteiger partial charge in [-0.1, -0.05) is 11.8 Å². The van der Waals surface area contributed by atoms with E-state index in [4.69, 9.17) is 0 Å². The molecule has 0 aromatic carbocycles. The Kier molecular flexibility index (Phi) is 3.33. The minimum atomic E-state index is -0.110. The molecule has 2 aromatic rings. The first-order valence-corrected chi connectivity index (χ1v) is 6.23. The van der Waals surface area contributed by atoms with E-state index < -0.39 is 0 Å². The summed E-state index contributed by atoms with van der Waals surface area (Å²) in [5.74, 6) is 0.745. The number of aromatic nitrogens is 4. The molecule has 0 aliphatic heterocycles. The maximum Gasteiger partial charge on any atom is 0.251 e. The Morgan fingerprint density at radius 1 is 1.47 bits per heavy atom. The molecule has 2 rings (SSSR count). The summed E-state index contributed by atoms with van der Waals surface area (Å²) in [7, 11) is 1.91. The zero-order valence-electron chi connectivity index (χ0n) is 10.0. The number of nitrogens with one attached hydrogen (secondary N) is 1. The van der Waals surface area contributed by atoms with Crippen molar-refractivity contribution < 1.29 is 0 Å². The van der Waals surface area contributed by atoms with Gasteiger partial charge >= 0.3 is 0 Å². The smallest absolute Gasteiger partial charge is 0.251 e. The Balaban J connectivity index is 2.15. The largest absolute Gasteiger partial charge is 0.301 e. The van der Waals surface area contributed by atoms with Crippen LogP contribution in [0.2, 0.25) is 0 Å². The lowest BCUT2D eigenvalue weighted by atomic mass is 10.3. The van der Waals surface area contributed by atoms with Crippen molar-refractivity contribution in [1.82, 2.24) is 19.7 Å². The van der Waals surface area contributed by atoms with Crippen molar-refractivity contribution in [1.29, 1.82) is 0 Å². The Hall–Kier alpha value is -1.56. The van der Waals surface area contributed by atoms with Gasteiger partial charge in [-0.15, -0.1) is 0 Å². The first-order chi connectivity index (χ1) is 8.06. The van der Waals surface area contributed by atoms with E-state index in [9.17, 15) is 4.79 Å². The number of rotatable bonds is 3. The summed E-state index contributed by atoms with van der Waals surface area (Å²) >= 11 is 1.51. The van der Waals surface area contributed by atoms with E-state index in [2.05, 4.69) is 15.1 Å². The summed E-state index contributed by atoms with van der Waals surface area (Å²) in [6.07, 6.45) is 1.84. The molecule has 6 heteroatoms. The van der Waals surface area contributed by atoms with E-state index in [0.717, 1.165) is 22.7 Å². The summed E-state index contributed by atoms with van der Waals surface area (Å²) in [5, 5.41) is 4.82. The molecule has 0 saturated heterocycles. The number of hydrogen-bond acceptors (Lipinski definition) is 4. The number of hydrogen-bond donors (Lipinski definition) is 1. The predicted octanol–water partition coefficient (Wildman–Crippen LogP) is 1.41. The van der Waals surface area contributed by atoms with Crippen LogP contribution in [0.4, 0.5) is 0 Å². The number of aromatic amines is 1. The minimum Gasteiger partial charge on any atom is -0.301 e. The van der Waals surface area contributed by atoms with Crippen LogP contribution in [0, 0.1) is 13.8 Å². The molecular formula is C11H14N4OS. The van der Waals surface area contributed by atoms with Crippen LogP contribution >= 0.6 is 11.8 Å². The second-order valence-corrected chi connectivity index (χ2v) is 4.84.